The minimum Gasteiger partial charge on any atom is -0.497 e. The summed E-state index contributed by atoms with van der Waals surface area (Å²) in [6.45, 7) is 3.01. The lowest BCUT2D eigenvalue weighted by Gasteiger charge is -2.26. The first-order valence-electron chi connectivity index (χ1n) is 15.9. The van der Waals surface area contributed by atoms with Gasteiger partial charge in [0.2, 0.25) is 5.91 Å². The minimum absolute atomic E-state index is 0.117. The topological polar surface area (TPSA) is 85.9 Å². The van der Waals surface area contributed by atoms with Crippen molar-refractivity contribution in [2.75, 3.05) is 7.11 Å². The Hall–Kier alpha value is -5.05. The van der Waals surface area contributed by atoms with Crippen LogP contribution in [-0.4, -0.2) is 23.5 Å². The average molecular weight is 659 g/mol. The molecule has 1 saturated heterocycles. The maximum atomic E-state index is 12.3. The van der Waals surface area contributed by atoms with E-state index in [-0.39, 0.29) is 23.2 Å². The van der Waals surface area contributed by atoms with Gasteiger partial charge in [-0.15, -0.1) is 0 Å². The number of rotatable bonds is 14. The monoisotopic (exact) mass is 658 g/mol. The SMILES string of the molecule is COc1ccc(C(NC(C)c2cc(OCc3ccccc3)cc(OCc3ccccc3)c2)c2cccc(CC3SC(=O)NC3=O)c2)cc1. The van der Waals surface area contributed by atoms with Crippen molar-refractivity contribution in [2.24, 2.45) is 0 Å². The number of nitrogens with one attached hydrogen (secondary N) is 2. The molecule has 0 aromatic heterocycles. The molecule has 0 spiro atoms. The third kappa shape index (κ3) is 8.64. The van der Waals surface area contributed by atoms with Crippen LogP contribution in [0.3, 0.4) is 0 Å². The average Bonchev–Trinajstić information content (AvgIpc) is 3.45. The van der Waals surface area contributed by atoms with Gasteiger partial charge in [0.25, 0.3) is 5.24 Å². The summed E-state index contributed by atoms with van der Waals surface area (Å²) in [6, 6.07) is 42.2. The van der Waals surface area contributed by atoms with E-state index in [4.69, 9.17) is 14.2 Å². The summed E-state index contributed by atoms with van der Waals surface area (Å²) in [5.41, 5.74) is 6.25. The van der Waals surface area contributed by atoms with Crippen LogP contribution in [0.15, 0.2) is 127 Å². The van der Waals surface area contributed by atoms with Crippen molar-refractivity contribution in [3.8, 4) is 17.2 Å². The van der Waals surface area contributed by atoms with E-state index in [1.165, 1.54) is 0 Å². The molecule has 7 nitrogen and oxygen atoms in total. The van der Waals surface area contributed by atoms with Gasteiger partial charge in [-0.05, 0) is 71.0 Å². The number of hydrogen-bond donors (Lipinski definition) is 2. The molecule has 1 heterocycles. The minimum atomic E-state index is -0.438. The molecule has 2 N–H and O–H groups in total. The van der Waals surface area contributed by atoms with Gasteiger partial charge < -0.3 is 14.2 Å². The molecule has 244 valence electrons. The van der Waals surface area contributed by atoms with Crippen LogP contribution in [0.1, 0.15) is 52.4 Å². The van der Waals surface area contributed by atoms with E-state index in [1.54, 1.807) is 7.11 Å². The Bertz CT molecular complexity index is 1770. The van der Waals surface area contributed by atoms with Crippen molar-refractivity contribution < 1.29 is 23.8 Å². The maximum absolute atomic E-state index is 12.3. The van der Waals surface area contributed by atoms with Gasteiger partial charge in [-0.2, -0.15) is 0 Å². The van der Waals surface area contributed by atoms with E-state index >= 15 is 0 Å². The number of thioether (sulfide) groups is 1. The predicted octanol–water partition coefficient (Wildman–Crippen LogP) is 8.19. The van der Waals surface area contributed by atoms with E-state index < -0.39 is 5.25 Å². The Kier molecular flexibility index (Phi) is 10.7. The van der Waals surface area contributed by atoms with Crippen molar-refractivity contribution in [3.63, 3.8) is 0 Å². The highest BCUT2D eigenvalue weighted by atomic mass is 32.2. The lowest BCUT2D eigenvalue weighted by atomic mass is 9.94. The Labute approximate surface area is 285 Å². The fourth-order valence-electron chi connectivity index (χ4n) is 5.66. The second-order valence-electron chi connectivity index (χ2n) is 11.7. The van der Waals surface area contributed by atoms with E-state index in [1.807, 2.05) is 91.0 Å². The molecular formula is C40H38N2O5S. The van der Waals surface area contributed by atoms with Gasteiger partial charge in [0, 0.05) is 12.1 Å². The van der Waals surface area contributed by atoms with Crippen LogP contribution in [0.2, 0.25) is 0 Å². The molecule has 0 bridgehead atoms. The lowest BCUT2D eigenvalue weighted by Crippen LogP contribution is -2.26. The van der Waals surface area contributed by atoms with Crippen molar-refractivity contribution in [1.82, 2.24) is 10.6 Å². The largest absolute Gasteiger partial charge is 0.497 e. The second-order valence-corrected chi connectivity index (χ2v) is 12.9. The first-order valence-corrected chi connectivity index (χ1v) is 16.8. The highest BCUT2D eigenvalue weighted by Gasteiger charge is 2.31. The van der Waals surface area contributed by atoms with Crippen LogP contribution in [0, 0.1) is 0 Å². The van der Waals surface area contributed by atoms with Gasteiger partial charge in [-0.3, -0.25) is 20.2 Å². The zero-order chi connectivity index (χ0) is 33.3. The summed E-state index contributed by atoms with van der Waals surface area (Å²) in [5.74, 6) is 1.97. The Morgan fingerprint density at radius 1 is 0.667 bits per heavy atom. The number of benzene rings is 5. The third-order valence-corrected chi connectivity index (χ3v) is 9.22. The summed E-state index contributed by atoms with van der Waals surface area (Å²) in [6.07, 6.45) is 0.462. The molecular weight excluding hydrogens is 621 g/mol. The number of amides is 2. The van der Waals surface area contributed by atoms with Crippen molar-refractivity contribution in [3.05, 3.63) is 161 Å². The van der Waals surface area contributed by atoms with E-state index in [9.17, 15) is 9.59 Å². The summed E-state index contributed by atoms with van der Waals surface area (Å²) in [7, 11) is 1.66. The van der Waals surface area contributed by atoms with Crippen LogP contribution in [0.25, 0.3) is 0 Å². The molecule has 0 aliphatic carbocycles. The summed E-state index contributed by atoms with van der Waals surface area (Å²) in [4.78, 5) is 24.1. The van der Waals surface area contributed by atoms with Crippen LogP contribution in [0.5, 0.6) is 17.2 Å². The molecule has 0 radical (unpaired) electrons. The number of ether oxygens (including phenoxy) is 3. The van der Waals surface area contributed by atoms with Crippen molar-refractivity contribution >= 4 is 22.9 Å². The molecule has 3 unspecified atom stereocenters. The third-order valence-electron chi connectivity index (χ3n) is 8.24. The number of carbonyl (C=O) groups excluding carboxylic acids is 2. The molecule has 1 aliphatic rings. The van der Waals surface area contributed by atoms with Gasteiger partial charge in [-0.1, -0.05) is 109 Å². The number of carbonyl (C=O) groups is 2. The lowest BCUT2D eigenvalue weighted by molar-refractivity contribution is -0.118. The van der Waals surface area contributed by atoms with Crippen molar-refractivity contribution in [1.29, 1.82) is 0 Å². The first-order chi connectivity index (χ1) is 23.4. The van der Waals surface area contributed by atoms with E-state index in [0.29, 0.717) is 19.6 Å². The zero-order valence-corrected chi connectivity index (χ0v) is 27.7. The number of imide groups is 1. The molecule has 6 rings (SSSR count). The van der Waals surface area contributed by atoms with Gasteiger partial charge in [0.1, 0.15) is 30.5 Å². The Morgan fingerprint density at radius 2 is 1.27 bits per heavy atom. The maximum Gasteiger partial charge on any atom is 0.286 e. The Morgan fingerprint density at radius 3 is 1.83 bits per heavy atom. The van der Waals surface area contributed by atoms with E-state index in [0.717, 1.165) is 62.4 Å². The predicted molar refractivity (Wildman–Crippen MR) is 189 cm³/mol. The molecule has 3 atom stereocenters. The molecule has 5 aromatic carbocycles. The smallest absolute Gasteiger partial charge is 0.286 e. The van der Waals surface area contributed by atoms with Crippen LogP contribution < -0.4 is 24.8 Å². The van der Waals surface area contributed by atoms with Gasteiger partial charge in [0.15, 0.2) is 0 Å². The molecule has 5 aromatic rings. The second kappa shape index (κ2) is 15.7. The first kappa shape index (κ1) is 32.9. The number of methoxy groups -OCH3 is 1. The quantitative estimate of drug-likeness (QED) is 0.124. The normalized spacial score (nSPS) is 15.4. The van der Waals surface area contributed by atoms with Gasteiger partial charge >= 0.3 is 0 Å². The van der Waals surface area contributed by atoms with Crippen LogP contribution in [-0.2, 0) is 24.4 Å². The van der Waals surface area contributed by atoms with Gasteiger partial charge in [-0.25, -0.2) is 0 Å². The fourth-order valence-corrected chi connectivity index (χ4v) is 6.52. The van der Waals surface area contributed by atoms with E-state index in [2.05, 4.69) is 54.0 Å². The molecule has 48 heavy (non-hydrogen) atoms. The highest BCUT2D eigenvalue weighted by Crippen LogP contribution is 2.33. The van der Waals surface area contributed by atoms with Crippen LogP contribution >= 0.6 is 11.8 Å². The van der Waals surface area contributed by atoms with Crippen LogP contribution in [0.4, 0.5) is 4.79 Å². The summed E-state index contributed by atoms with van der Waals surface area (Å²) < 4.78 is 18.0. The molecule has 0 saturated carbocycles. The standard InChI is InChI=1S/C40H38N2O5S/c1-27(33-22-35(46-25-28-10-5-3-6-11-28)24-36(23-33)47-26-29-12-7-4-8-13-29)41-38(31-16-18-34(45-2)19-17-31)32-15-9-14-30(20-32)21-37-39(43)42-40(44)48-37/h3-20,22-24,27,37-38,41H,21,25-26H2,1-2H3,(H,42,43,44). The molecule has 1 aliphatic heterocycles. The van der Waals surface area contributed by atoms with Gasteiger partial charge in [0.05, 0.1) is 18.4 Å². The molecule has 8 heteroatoms. The summed E-state index contributed by atoms with van der Waals surface area (Å²) in [5, 5.41) is 5.51. The fraction of sp³-hybridized carbons (Fsp3) is 0.200. The highest BCUT2D eigenvalue weighted by molar-refractivity contribution is 8.15. The Balaban J connectivity index is 1.28. The van der Waals surface area contributed by atoms with Crippen molar-refractivity contribution in [2.45, 2.75) is 43.9 Å². The molecule has 2 amide bonds. The summed E-state index contributed by atoms with van der Waals surface area (Å²) >= 11 is 1.05. The molecule has 1 fully saturated rings. The number of hydrogen-bond acceptors (Lipinski definition) is 7. The zero-order valence-electron chi connectivity index (χ0n) is 26.9.